The van der Waals surface area contributed by atoms with Gasteiger partial charge in [-0.3, -0.25) is 9.69 Å². The molecule has 1 aliphatic heterocycles. The molecule has 1 heterocycles. The topological polar surface area (TPSA) is 116 Å². The molecule has 0 radical (unpaired) electrons. The van der Waals surface area contributed by atoms with Crippen LogP contribution in [0, 0.1) is 5.92 Å². The van der Waals surface area contributed by atoms with Gasteiger partial charge in [0.2, 0.25) is 0 Å². The summed E-state index contributed by atoms with van der Waals surface area (Å²) in [6.45, 7) is 4.38. The number of nitrogens with one attached hydrogen (secondary N) is 1. The number of aliphatic carboxylic acids is 1. The fraction of sp³-hybridized carbons (Fsp3) is 0.800. The second-order valence-electron chi connectivity index (χ2n) is 6.28. The van der Waals surface area contributed by atoms with Gasteiger partial charge in [0.25, 0.3) is 0 Å². The second kappa shape index (κ2) is 8.14. The minimum absolute atomic E-state index is 0.111. The molecule has 132 valence electrons. The summed E-state index contributed by atoms with van der Waals surface area (Å²) in [6.07, 6.45) is 0.251. The third-order valence-corrected chi connectivity index (χ3v) is 4.24. The molecule has 0 aliphatic carbocycles. The van der Waals surface area contributed by atoms with Gasteiger partial charge in [-0.15, -0.1) is 0 Å². The van der Waals surface area contributed by atoms with Gasteiger partial charge in [-0.1, -0.05) is 13.8 Å². The van der Waals surface area contributed by atoms with Gasteiger partial charge in [-0.05, 0) is 38.1 Å². The van der Waals surface area contributed by atoms with Crippen LogP contribution in [0.1, 0.15) is 39.5 Å². The third kappa shape index (κ3) is 4.57. The number of carbonyl (C=O) groups excluding carboxylic acids is 1. The first-order valence-corrected chi connectivity index (χ1v) is 7.79. The number of nitrogens with zero attached hydrogens (tertiary/aromatic N) is 1. The maximum Gasteiger partial charge on any atom is 0.408 e. The van der Waals surface area contributed by atoms with Gasteiger partial charge in [0.1, 0.15) is 11.6 Å². The van der Waals surface area contributed by atoms with Gasteiger partial charge in [0, 0.05) is 6.54 Å². The molecule has 8 nitrogen and oxygen atoms in total. The van der Waals surface area contributed by atoms with E-state index in [1.54, 1.807) is 0 Å². The van der Waals surface area contributed by atoms with Gasteiger partial charge in [-0.25, -0.2) is 9.59 Å². The first-order chi connectivity index (χ1) is 10.7. The van der Waals surface area contributed by atoms with Crippen LogP contribution in [-0.2, 0) is 14.3 Å². The smallest absolute Gasteiger partial charge is 0.408 e. The van der Waals surface area contributed by atoms with Crippen molar-refractivity contribution < 1.29 is 29.3 Å². The van der Waals surface area contributed by atoms with Crippen molar-refractivity contribution in [3.05, 3.63) is 0 Å². The highest BCUT2D eigenvalue weighted by Gasteiger charge is 2.49. The Kier molecular flexibility index (Phi) is 6.80. The van der Waals surface area contributed by atoms with Crippen LogP contribution in [-0.4, -0.2) is 64.9 Å². The third-order valence-electron chi connectivity index (χ3n) is 4.24. The summed E-state index contributed by atoms with van der Waals surface area (Å²) >= 11 is 0. The fourth-order valence-corrected chi connectivity index (χ4v) is 3.08. The van der Waals surface area contributed by atoms with Crippen LogP contribution >= 0.6 is 0 Å². The van der Waals surface area contributed by atoms with Crippen LogP contribution in [0.15, 0.2) is 0 Å². The van der Waals surface area contributed by atoms with Gasteiger partial charge < -0.3 is 20.3 Å². The normalized spacial score (nSPS) is 22.2. The monoisotopic (exact) mass is 330 g/mol. The van der Waals surface area contributed by atoms with Crippen LogP contribution in [0.3, 0.4) is 0 Å². The Morgan fingerprint density at radius 3 is 2.43 bits per heavy atom. The SMILES string of the molecule is COC(=O)[C@@H](CC(C)C)NCC[C@@]1(C(=O)O)CCCN1C(=O)O. The quantitative estimate of drug-likeness (QED) is 0.572. The highest BCUT2D eigenvalue weighted by molar-refractivity contribution is 5.84. The first kappa shape index (κ1) is 19.2. The van der Waals surface area contributed by atoms with Crippen LogP contribution in [0.25, 0.3) is 0 Å². The molecule has 0 aromatic carbocycles. The first-order valence-electron chi connectivity index (χ1n) is 7.79. The zero-order valence-electron chi connectivity index (χ0n) is 13.9. The lowest BCUT2D eigenvalue weighted by Gasteiger charge is -2.33. The summed E-state index contributed by atoms with van der Waals surface area (Å²) in [5.41, 5.74) is -1.42. The molecule has 0 aromatic rings. The largest absolute Gasteiger partial charge is 0.479 e. The molecule has 0 spiro atoms. The Bertz CT molecular complexity index is 453. The minimum Gasteiger partial charge on any atom is -0.479 e. The summed E-state index contributed by atoms with van der Waals surface area (Å²) in [7, 11) is 1.30. The van der Waals surface area contributed by atoms with Gasteiger partial charge in [0.15, 0.2) is 0 Å². The lowest BCUT2D eigenvalue weighted by molar-refractivity contribution is -0.149. The Balaban J connectivity index is 2.73. The maximum atomic E-state index is 11.8. The van der Waals surface area contributed by atoms with E-state index in [9.17, 15) is 24.6 Å². The van der Waals surface area contributed by atoms with Crippen LogP contribution in [0.4, 0.5) is 4.79 Å². The van der Waals surface area contributed by atoms with Crippen molar-refractivity contribution in [1.82, 2.24) is 10.2 Å². The summed E-state index contributed by atoms with van der Waals surface area (Å²) in [4.78, 5) is 35.7. The van der Waals surface area contributed by atoms with E-state index in [1.807, 2.05) is 13.8 Å². The van der Waals surface area contributed by atoms with E-state index in [0.717, 1.165) is 4.90 Å². The molecular formula is C15H26N2O6. The second-order valence-corrected chi connectivity index (χ2v) is 6.28. The highest BCUT2D eigenvalue weighted by Crippen LogP contribution is 2.32. The summed E-state index contributed by atoms with van der Waals surface area (Å²) in [6, 6.07) is -0.523. The number of carboxylic acids is 1. The molecule has 1 aliphatic rings. The molecule has 3 N–H and O–H groups in total. The average Bonchev–Trinajstić information content (AvgIpc) is 2.90. The van der Waals surface area contributed by atoms with Crippen molar-refractivity contribution in [2.45, 2.75) is 51.1 Å². The number of ether oxygens (including phenoxy) is 1. The molecule has 8 heteroatoms. The lowest BCUT2D eigenvalue weighted by atomic mass is 9.92. The molecule has 0 aromatic heterocycles. The number of carbonyl (C=O) groups is 3. The Morgan fingerprint density at radius 2 is 1.96 bits per heavy atom. The van der Waals surface area contributed by atoms with Crippen LogP contribution in [0.5, 0.6) is 0 Å². The zero-order chi connectivity index (χ0) is 17.6. The van der Waals surface area contributed by atoms with Crippen molar-refractivity contribution in [2.24, 2.45) is 5.92 Å². The van der Waals surface area contributed by atoms with Crippen molar-refractivity contribution in [3.8, 4) is 0 Å². The van der Waals surface area contributed by atoms with Crippen LogP contribution < -0.4 is 5.32 Å². The van der Waals surface area contributed by atoms with E-state index in [1.165, 1.54) is 7.11 Å². The predicted molar refractivity (Wildman–Crippen MR) is 82.2 cm³/mol. The van der Waals surface area contributed by atoms with Gasteiger partial charge >= 0.3 is 18.0 Å². The molecular weight excluding hydrogens is 304 g/mol. The van der Waals surface area contributed by atoms with E-state index in [-0.39, 0.29) is 31.8 Å². The predicted octanol–water partition coefficient (Wildman–Crippen LogP) is 1.15. The van der Waals surface area contributed by atoms with E-state index < -0.39 is 29.6 Å². The molecule has 0 unspecified atom stereocenters. The van der Waals surface area contributed by atoms with Crippen molar-refractivity contribution in [1.29, 1.82) is 0 Å². The molecule has 1 saturated heterocycles. The summed E-state index contributed by atoms with van der Waals surface area (Å²) in [5.74, 6) is -1.27. The minimum atomic E-state index is -1.42. The average molecular weight is 330 g/mol. The van der Waals surface area contributed by atoms with Crippen molar-refractivity contribution >= 4 is 18.0 Å². The van der Waals surface area contributed by atoms with E-state index in [4.69, 9.17) is 4.74 Å². The highest BCUT2D eigenvalue weighted by atomic mass is 16.5. The fourth-order valence-electron chi connectivity index (χ4n) is 3.08. The Morgan fingerprint density at radius 1 is 1.30 bits per heavy atom. The van der Waals surface area contributed by atoms with E-state index in [2.05, 4.69) is 5.32 Å². The number of methoxy groups -OCH3 is 1. The standard InChI is InChI=1S/C15H26N2O6/c1-10(2)9-11(12(18)23-3)16-7-6-15(13(19)20)5-4-8-17(15)14(21)22/h10-11,16H,4-9H2,1-3H3,(H,19,20)(H,21,22)/t11-,15-/m1/s1. The van der Waals surface area contributed by atoms with Gasteiger partial charge in [0.05, 0.1) is 7.11 Å². The zero-order valence-corrected chi connectivity index (χ0v) is 13.9. The number of likely N-dealkylation sites (tertiary alicyclic amines) is 1. The molecule has 1 amide bonds. The number of hydrogen-bond donors (Lipinski definition) is 3. The molecule has 1 rings (SSSR count). The van der Waals surface area contributed by atoms with Crippen LogP contribution in [0.2, 0.25) is 0 Å². The maximum absolute atomic E-state index is 11.8. The number of hydrogen-bond acceptors (Lipinski definition) is 5. The van der Waals surface area contributed by atoms with Gasteiger partial charge in [-0.2, -0.15) is 0 Å². The number of esters is 1. The Hall–Kier alpha value is -1.83. The lowest BCUT2D eigenvalue weighted by Crippen LogP contribution is -2.54. The molecule has 1 fully saturated rings. The van der Waals surface area contributed by atoms with Crippen molar-refractivity contribution in [3.63, 3.8) is 0 Å². The molecule has 2 atom stereocenters. The Labute approximate surface area is 135 Å². The van der Waals surface area contributed by atoms with E-state index >= 15 is 0 Å². The van der Waals surface area contributed by atoms with Crippen molar-refractivity contribution in [2.75, 3.05) is 20.2 Å². The number of amides is 1. The summed E-state index contributed by atoms with van der Waals surface area (Å²) < 4.78 is 4.75. The van der Waals surface area contributed by atoms with E-state index in [0.29, 0.717) is 12.8 Å². The molecule has 0 bridgehead atoms. The molecule has 0 saturated carbocycles. The number of rotatable bonds is 8. The summed E-state index contributed by atoms with van der Waals surface area (Å²) in [5, 5.41) is 21.8. The molecule has 23 heavy (non-hydrogen) atoms. The number of carboxylic acid groups (broad SMARTS) is 2.